The first-order valence-corrected chi connectivity index (χ1v) is 11.4. The summed E-state index contributed by atoms with van der Waals surface area (Å²) in [7, 11) is 0. The van der Waals surface area contributed by atoms with Crippen LogP contribution in [0, 0.1) is 11.6 Å². The Kier molecular flexibility index (Phi) is 7.83. The normalized spacial score (nSPS) is 12.0. The molecule has 0 amide bonds. The van der Waals surface area contributed by atoms with Crippen molar-refractivity contribution in [2.45, 2.75) is 13.3 Å². The maximum atomic E-state index is 13.9. The Bertz CT molecular complexity index is 1030. The smallest absolute Gasteiger partial charge is 0.130 e. The van der Waals surface area contributed by atoms with Gasteiger partial charge in [0.15, 0.2) is 0 Å². The summed E-state index contributed by atoms with van der Waals surface area (Å²) in [4.78, 5) is 14.1. The Hall–Kier alpha value is -1.99. The zero-order valence-electron chi connectivity index (χ0n) is 15.6. The molecule has 0 saturated carbocycles. The van der Waals surface area contributed by atoms with Crippen LogP contribution in [0.4, 0.5) is 20.3 Å². The Morgan fingerprint density at radius 3 is 2.67 bits per heavy atom. The highest BCUT2D eigenvalue weighted by molar-refractivity contribution is 9.10. The van der Waals surface area contributed by atoms with Gasteiger partial charge in [-0.05, 0) is 31.5 Å². The highest BCUT2D eigenvalue weighted by atomic mass is 79.9. The third kappa shape index (κ3) is 5.58. The quantitative estimate of drug-likeness (QED) is 0.333. The molecule has 0 saturated heterocycles. The van der Waals surface area contributed by atoms with Crippen molar-refractivity contribution < 1.29 is 22.4 Å². The predicted octanol–water partition coefficient (Wildman–Crippen LogP) is 4.45. The van der Waals surface area contributed by atoms with Crippen molar-refractivity contribution in [3.63, 3.8) is 0 Å². The van der Waals surface area contributed by atoms with E-state index >= 15 is 0 Å². The van der Waals surface area contributed by atoms with E-state index in [0.29, 0.717) is 26.5 Å². The number of nitrogens with one attached hydrogen (secondary N) is 1. The van der Waals surface area contributed by atoms with E-state index in [1.165, 1.54) is 29.8 Å². The molecule has 1 aromatic carbocycles. The van der Waals surface area contributed by atoms with E-state index in [-0.39, 0.29) is 25.1 Å². The molecule has 2 aromatic heterocycles. The summed E-state index contributed by atoms with van der Waals surface area (Å²) in [6, 6.07) is 5.74. The molecule has 1 atom stereocenters. The molecule has 7 nitrogen and oxygen atoms in total. The highest BCUT2D eigenvalue weighted by Gasteiger charge is 2.13. The van der Waals surface area contributed by atoms with Gasteiger partial charge in [-0.2, -0.15) is 4.47 Å². The van der Waals surface area contributed by atoms with Crippen molar-refractivity contribution in [1.29, 1.82) is 0 Å². The van der Waals surface area contributed by atoms with E-state index in [1.807, 2.05) is 0 Å². The van der Waals surface area contributed by atoms with Crippen LogP contribution in [0.2, 0.25) is 0 Å². The molecule has 0 spiro atoms. The van der Waals surface area contributed by atoms with Gasteiger partial charge in [0.2, 0.25) is 0 Å². The van der Waals surface area contributed by atoms with Crippen LogP contribution < -0.4 is 9.79 Å². The number of nitrogens with zero attached hydrogens (tertiary/aromatic N) is 3. The lowest BCUT2D eigenvalue weighted by atomic mass is 10.1. The largest absolute Gasteiger partial charge is 0.753 e. The lowest BCUT2D eigenvalue weighted by Gasteiger charge is -2.22. The van der Waals surface area contributed by atoms with Crippen LogP contribution in [0.15, 0.2) is 40.4 Å². The van der Waals surface area contributed by atoms with E-state index in [4.69, 9.17) is 4.84 Å². The number of hydrogen-bond donors (Lipinski definition) is 1. The Labute approximate surface area is 186 Å². The molecule has 0 fully saturated rings. The lowest BCUT2D eigenvalue weighted by molar-refractivity contribution is 0.161. The van der Waals surface area contributed by atoms with Gasteiger partial charge in [0.1, 0.15) is 23.8 Å². The third-order valence-electron chi connectivity index (χ3n) is 3.88. The second kappa shape index (κ2) is 10.4. The SMILES string of the molecule is CCON(c1csc(-c2cc(NCCc3c(F)cc(Br)cc3F)ncn2)c1)S(=O)[O-]. The van der Waals surface area contributed by atoms with Gasteiger partial charge in [0.05, 0.1) is 34.1 Å². The van der Waals surface area contributed by atoms with Gasteiger partial charge < -0.3 is 9.87 Å². The zero-order chi connectivity index (χ0) is 21.7. The maximum Gasteiger partial charge on any atom is 0.130 e. The van der Waals surface area contributed by atoms with E-state index in [2.05, 4.69) is 31.2 Å². The van der Waals surface area contributed by atoms with Gasteiger partial charge in [0.25, 0.3) is 0 Å². The summed E-state index contributed by atoms with van der Waals surface area (Å²) in [5.41, 5.74) is 0.918. The van der Waals surface area contributed by atoms with Gasteiger partial charge >= 0.3 is 0 Å². The summed E-state index contributed by atoms with van der Waals surface area (Å²) >= 11 is 1.77. The summed E-state index contributed by atoms with van der Waals surface area (Å²) in [5.74, 6) is -0.762. The number of halogens is 3. The van der Waals surface area contributed by atoms with Crippen LogP contribution in [0.25, 0.3) is 10.6 Å². The number of anilines is 2. The number of thiophene rings is 1. The molecular weight excluding hydrogens is 502 g/mol. The molecule has 0 aliphatic rings. The highest BCUT2D eigenvalue weighted by Crippen LogP contribution is 2.32. The number of rotatable bonds is 9. The van der Waals surface area contributed by atoms with Gasteiger partial charge in [-0.25, -0.2) is 23.0 Å². The van der Waals surface area contributed by atoms with Crippen LogP contribution in [0.3, 0.4) is 0 Å². The molecule has 0 aliphatic heterocycles. The lowest BCUT2D eigenvalue weighted by Crippen LogP contribution is -2.25. The standard InChI is InChI=1S/C18H17BrF2N4O3S2/c1-2-28-25(30(26)27)12-7-17(29-9-12)16-8-18(24-10-23-16)22-4-3-13-14(20)5-11(19)6-15(13)21/h5-10H,2-4H2,1H3,(H,26,27)(H,22,23,24)/p-1. The molecule has 30 heavy (non-hydrogen) atoms. The van der Waals surface area contributed by atoms with Crippen LogP contribution in [-0.2, 0) is 22.5 Å². The van der Waals surface area contributed by atoms with Gasteiger partial charge in [-0.15, -0.1) is 11.3 Å². The van der Waals surface area contributed by atoms with Crippen molar-refractivity contribution in [1.82, 2.24) is 9.97 Å². The molecule has 0 radical (unpaired) electrons. The van der Waals surface area contributed by atoms with Crippen molar-refractivity contribution >= 4 is 50.0 Å². The molecule has 2 heterocycles. The monoisotopic (exact) mass is 517 g/mol. The van der Waals surface area contributed by atoms with E-state index in [1.54, 1.807) is 24.4 Å². The minimum atomic E-state index is -2.57. The molecule has 3 aromatic rings. The van der Waals surface area contributed by atoms with Gasteiger partial charge in [0, 0.05) is 28.0 Å². The van der Waals surface area contributed by atoms with Gasteiger partial charge in [-0.3, -0.25) is 4.84 Å². The average molecular weight is 518 g/mol. The summed E-state index contributed by atoms with van der Waals surface area (Å²) < 4.78 is 51.6. The van der Waals surface area contributed by atoms with Crippen LogP contribution in [0.1, 0.15) is 12.5 Å². The maximum absolute atomic E-state index is 13.9. The molecule has 160 valence electrons. The third-order valence-corrected chi connectivity index (χ3v) is 5.87. The number of hydrogen-bond acceptors (Lipinski definition) is 7. The zero-order valence-corrected chi connectivity index (χ0v) is 18.8. The van der Waals surface area contributed by atoms with Crippen molar-refractivity contribution in [2.75, 3.05) is 22.9 Å². The molecule has 0 aliphatic carbocycles. The van der Waals surface area contributed by atoms with E-state index in [0.717, 1.165) is 4.47 Å². The van der Waals surface area contributed by atoms with Crippen LogP contribution >= 0.6 is 27.3 Å². The first kappa shape index (κ1) is 22.7. The van der Waals surface area contributed by atoms with Crippen LogP contribution in [-0.4, -0.2) is 31.9 Å². The summed E-state index contributed by atoms with van der Waals surface area (Å²) in [5, 5.41) is 4.65. The first-order chi connectivity index (χ1) is 14.4. The van der Waals surface area contributed by atoms with Crippen LogP contribution in [0.5, 0.6) is 0 Å². The second-order valence-electron chi connectivity index (χ2n) is 5.87. The van der Waals surface area contributed by atoms with E-state index in [9.17, 15) is 17.5 Å². The Balaban J connectivity index is 1.69. The molecule has 1 unspecified atom stereocenters. The Morgan fingerprint density at radius 1 is 1.27 bits per heavy atom. The molecule has 0 bridgehead atoms. The minimum absolute atomic E-state index is 0.00972. The fraction of sp³-hybridized carbons (Fsp3) is 0.222. The fourth-order valence-corrected chi connectivity index (χ4v) is 4.36. The first-order valence-electron chi connectivity index (χ1n) is 8.69. The molecule has 3 rings (SSSR count). The topological polar surface area (TPSA) is 90.4 Å². The van der Waals surface area contributed by atoms with Crippen molar-refractivity contribution in [3.05, 3.63) is 57.6 Å². The Morgan fingerprint density at radius 2 is 2.00 bits per heavy atom. The van der Waals surface area contributed by atoms with Crippen molar-refractivity contribution in [2.24, 2.45) is 0 Å². The number of benzene rings is 1. The minimum Gasteiger partial charge on any atom is -0.753 e. The number of aromatic nitrogens is 2. The second-order valence-corrected chi connectivity index (χ2v) is 8.47. The average Bonchev–Trinajstić information content (AvgIpc) is 3.18. The van der Waals surface area contributed by atoms with Gasteiger partial charge in [-0.1, -0.05) is 15.9 Å². The molecule has 1 N–H and O–H groups in total. The van der Waals surface area contributed by atoms with Crippen molar-refractivity contribution in [3.8, 4) is 10.6 Å². The molecule has 12 heteroatoms. The summed E-state index contributed by atoms with van der Waals surface area (Å²) in [6.07, 6.45) is 1.48. The molecular formula is C18H16BrF2N4O3S2-. The summed E-state index contributed by atoms with van der Waals surface area (Å²) in [6.45, 7) is 2.14. The van der Waals surface area contributed by atoms with E-state index < -0.39 is 22.9 Å². The predicted molar refractivity (Wildman–Crippen MR) is 115 cm³/mol. The fourth-order valence-electron chi connectivity index (χ4n) is 2.59.